The lowest BCUT2D eigenvalue weighted by molar-refractivity contribution is -0.138. The van der Waals surface area contributed by atoms with Crippen molar-refractivity contribution in [1.29, 1.82) is 0 Å². The fourth-order valence-electron chi connectivity index (χ4n) is 1.39. The largest absolute Gasteiger partial charge is 0.480 e. The minimum atomic E-state index is -1.02. The molecule has 0 saturated carbocycles. The molecule has 1 atom stereocenters. The van der Waals surface area contributed by atoms with Crippen molar-refractivity contribution in [3.8, 4) is 0 Å². The highest BCUT2D eigenvalue weighted by molar-refractivity contribution is 5.82. The predicted octanol–water partition coefficient (Wildman–Crippen LogP) is -0.536. The van der Waals surface area contributed by atoms with Crippen LogP contribution in [0.5, 0.6) is 0 Å². The van der Waals surface area contributed by atoms with E-state index in [-0.39, 0.29) is 6.03 Å². The summed E-state index contributed by atoms with van der Waals surface area (Å²) >= 11 is 0. The highest BCUT2D eigenvalue weighted by Crippen LogP contribution is 1.96. The number of carbonyl (C=O) groups excluding carboxylic acids is 1. The van der Waals surface area contributed by atoms with Gasteiger partial charge in [-0.05, 0) is 19.9 Å². The maximum atomic E-state index is 11.6. The molecule has 1 aliphatic heterocycles. The van der Waals surface area contributed by atoms with Crippen LogP contribution >= 0.6 is 0 Å². The zero-order valence-corrected chi connectivity index (χ0v) is 8.82. The first-order chi connectivity index (χ1) is 7.11. The normalized spacial score (nSPS) is 19.1. The van der Waals surface area contributed by atoms with Gasteiger partial charge in [0.1, 0.15) is 6.04 Å². The van der Waals surface area contributed by atoms with Crippen molar-refractivity contribution in [2.45, 2.75) is 19.4 Å². The highest BCUT2D eigenvalue weighted by Gasteiger charge is 2.19. The lowest BCUT2D eigenvalue weighted by Crippen LogP contribution is -2.47. The topological polar surface area (TPSA) is 81.7 Å². The van der Waals surface area contributed by atoms with E-state index >= 15 is 0 Å². The Labute approximate surface area is 88.6 Å². The summed E-state index contributed by atoms with van der Waals surface area (Å²) < 4.78 is 0. The molecule has 2 amide bonds. The Morgan fingerprint density at radius 3 is 2.80 bits per heavy atom. The summed E-state index contributed by atoms with van der Waals surface area (Å²) in [5.41, 5.74) is 0. The predicted molar refractivity (Wildman–Crippen MR) is 54.7 cm³/mol. The number of carboxylic acids is 1. The maximum Gasteiger partial charge on any atom is 0.325 e. The molecule has 0 bridgehead atoms. The number of amides is 2. The van der Waals surface area contributed by atoms with Crippen LogP contribution in [0, 0.1) is 0 Å². The van der Waals surface area contributed by atoms with Gasteiger partial charge in [-0.25, -0.2) is 4.79 Å². The number of aliphatic carboxylic acids is 1. The molecule has 15 heavy (non-hydrogen) atoms. The Morgan fingerprint density at radius 2 is 2.13 bits per heavy atom. The Balaban J connectivity index is 2.41. The third kappa shape index (κ3) is 3.75. The average molecular weight is 215 g/mol. The highest BCUT2D eigenvalue weighted by atomic mass is 16.4. The molecular weight excluding hydrogens is 198 g/mol. The number of nitrogens with one attached hydrogen (secondary N) is 2. The number of rotatable bonds is 2. The van der Waals surface area contributed by atoms with Gasteiger partial charge in [0, 0.05) is 19.6 Å². The third-order valence-corrected chi connectivity index (χ3v) is 2.34. The zero-order valence-electron chi connectivity index (χ0n) is 8.82. The fraction of sp³-hybridized carbons (Fsp3) is 0.778. The van der Waals surface area contributed by atoms with Crippen LogP contribution in [-0.2, 0) is 4.79 Å². The van der Waals surface area contributed by atoms with Gasteiger partial charge in [-0.3, -0.25) is 4.79 Å². The van der Waals surface area contributed by atoms with Gasteiger partial charge >= 0.3 is 12.0 Å². The molecule has 86 valence electrons. The van der Waals surface area contributed by atoms with Gasteiger partial charge in [0.2, 0.25) is 0 Å². The van der Waals surface area contributed by atoms with E-state index in [4.69, 9.17) is 5.11 Å². The van der Waals surface area contributed by atoms with Crippen LogP contribution in [0.25, 0.3) is 0 Å². The molecule has 0 spiro atoms. The van der Waals surface area contributed by atoms with Gasteiger partial charge in [-0.15, -0.1) is 0 Å². The van der Waals surface area contributed by atoms with E-state index in [0.717, 1.165) is 19.5 Å². The average Bonchev–Trinajstić information content (AvgIpc) is 2.45. The number of urea groups is 1. The van der Waals surface area contributed by atoms with E-state index < -0.39 is 12.0 Å². The molecule has 1 saturated heterocycles. The summed E-state index contributed by atoms with van der Waals surface area (Å²) in [5, 5.41) is 14.2. The van der Waals surface area contributed by atoms with Gasteiger partial charge in [-0.2, -0.15) is 0 Å². The first kappa shape index (κ1) is 11.8. The third-order valence-electron chi connectivity index (χ3n) is 2.34. The standard InChI is InChI=1S/C9H17N3O3/c1-7(8(13)14)11-9(15)12-5-2-3-10-4-6-12/h7,10H,2-6H2,1H3,(H,11,15)(H,13,14)/t7-/m1/s1. The van der Waals surface area contributed by atoms with Crippen molar-refractivity contribution in [2.24, 2.45) is 0 Å². The Morgan fingerprint density at radius 1 is 1.40 bits per heavy atom. The molecule has 0 aliphatic carbocycles. The van der Waals surface area contributed by atoms with Gasteiger partial charge in [0.15, 0.2) is 0 Å². The molecule has 6 heteroatoms. The molecule has 3 N–H and O–H groups in total. The molecule has 1 heterocycles. The van der Waals surface area contributed by atoms with Crippen LogP contribution in [0.4, 0.5) is 4.79 Å². The van der Waals surface area contributed by atoms with E-state index in [1.165, 1.54) is 6.92 Å². The van der Waals surface area contributed by atoms with Gasteiger partial charge in [0.25, 0.3) is 0 Å². The van der Waals surface area contributed by atoms with Gasteiger partial charge < -0.3 is 20.6 Å². The van der Waals surface area contributed by atoms with Crippen LogP contribution in [0.2, 0.25) is 0 Å². The number of hydrogen-bond donors (Lipinski definition) is 3. The smallest absolute Gasteiger partial charge is 0.325 e. The van der Waals surface area contributed by atoms with Crippen LogP contribution in [0.1, 0.15) is 13.3 Å². The SMILES string of the molecule is C[C@@H](NC(=O)N1CCCNCC1)C(=O)O. The first-order valence-corrected chi connectivity index (χ1v) is 5.10. The Kier molecular flexibility index (Phi) is 4.36. The van der Waals surface area contributed by atoms with Crippen molar-refractivity contribution in [2.75, 3.05) is 26.2 Å². The van der Waals surface area contributed by atoms with E-state index in [2.05, 4.69) is 10.6 Å². The lowest BCUT2D eigenvalue weighted by atomic mass is 10.3. The summed E-state index contributed by atoms with van der Waals surface area (Å²) in [5.74, 6) is -1.02. The van der Waals surface area contributed by atoms with Crippen LogP contribution < -0.4 is 10.6 Å². The molecule has 6 nitrogen and oxygen atoms in total. The van der Waals surface area contributed by atoms with Crippen molar-refractivity contribution in [3.05, 3.63) is 0 Å². The summed E-state index contributed by atoms with van der Waals surface area (Å²) in [6, 6.07) is -1.14. The van der Waals surface area contributed by atoms with Crippen molar-refractivity contribution < 1.29 is 14.7 Å². The zero-order chi connectivity index (χ0) is 11.3. The second-order valence-corrected chi connectivity index (χ2v) is 3.60. The van der Waals surface area contributed by atoms with E-state index in [9.17, 15) is 9.59 Å². The van der Waals surface area contributed by atoms with Gasteiger partial charge in [0.05, 0.1) is 0 Å². The first-order valence-electron chi connectivity index (χ1n) is 5.10. The molecule has 0 aromatic rings. The van der Waals surface area contributed by atoms with Crippen LogP contribution in [-0.4, -0.2) is 54.2 Å². The molecular formula is C9H17N3O3. The van der Waals surface area contributed by atoms with Crippen molar-refractivity contribution >= 4 is 12.0 Å². The van der Waals surface area contributed by atoms with Gasteiger partial charge in [-0.1, -0.05) is 0 Å². The number of carboxylic acid groups (broad SMARTS) is 1. The number of carbonyl (C=O) groups is 2. The molecule has 0 aromatic heterocycles. The summed E-state index contributed by atoms with van der Waals surface area (Å²) in [6.07, 6.45) is 0.898. The minimum absolute atomic E-state index is 0.298. The van der Waals surface area contributed by atoms with E-state index in [0.29, 0.717) is 13.1 Å². The summed E-state index contributed by atoms with van der Waals surface area (Å²) in [4.78, 5) is 23.8. The van der Waals surface area contributed by atoms with Crippen molar-refractivity contribution in [1.82, 2.24) is 15.5 Å². The molecule has 0 radical (unpaired) electrons. The van der Waals surface area contributed by atoms with Crippen LogP contribution in [0.3, 0.4) is 0 Å². The number of nitrogens with zero attached hydrogens (tertiary/aromatic N) is 1. The monoisotopic (exact) mass is 215 g/mol. The van der Waals surface area contributed by atoms with Crippen LogP contribution in [0.15, 0.2) is 0 Å². The Bertz CT molecular complexity index is 237. The summed E-state index contributed by atoms with van der Waals surface area (Å²) in [6.45, 7) is 4.41. The fourth-order valence-corrected chi connectivity index (χ4v) is 1.39. The van der Waals surface area contributed by atoms with E-state index in [1.807, 2.05) is 0 Å². The van der Waals surface area contributed by atoms with E-state index in [1.54, 1.807) is 4.90 Å². The molecule has 1 rings (SSSR count). The second kappa shape index (κ2) is 5.55. The second-order valence-electron chi connectivity index (χ2n) is 3.60. The maximum absolute atomic E-state index is 11.6. The molecule has 1 aliphatic rings. The quantitative estimate of drug-likeness (QED) is 0.578. The number of hydrogen-bond acceptors (Lipinski definition) is 3. The molecule has 0 aromatic carbocycles. The molecule has 1 fully saturated rings. The summed E-state index contributed by atoms with van der Waals surface area (Å²) in [7, 11) is 0. The Hall–Kier alpha value is -1.30. The molecule has 0 unspecified atom stereocenters. The minimum Gasteiger partial charge on any atom is -0.480 e. The van der Waals surface area contributed by atoms with Crippen molar-refractivity contribution in [3.63, 3.8) is 0 Å². The lowest BCUT2D eigenvalue weighted by Gasteiger charge is -2.21.